The number of ether oxygens (including phenoxy) is 2. The Kier molecular flexibility index (Phi) is 7.96. The van der Waals surface area contributed by atoms with Crippen molar-refractivity contribution < 1.29 is 13.9 Å². The molecule has 2 aromatic heterocycles. The van der Waals surface area contributed by atoms with Crippen molar-refractivity contribution in [1.29, 1.82) is 0 Å². The molecule has 0 fully saturated rings. The van der Waals surface area contributed by atoms with Crippen LogP contribution < -0.4 is 15.0 Å². The van der Waals surface area contributed by atoms with E-state index >= 15 is 0 Å². The highest BCUT2D eigenvalue weighted by molar-refractivity contribution is 9.10. The Balaban J connectivity index is 1.38. The monoisotopic (exact) mass is 681 g/mol. The topological polar surface area (TPSA) is 78.9 Å². The van der Waals surface area contributed by atoms with E-state index in [4.69, 9.17) is 53.7 Å². The van der Waals surface area contributed by atoms with E-state index in [-0.39, 0.29) is 18.0 Å². The standard InChI is InChI=1S/C31H19BrCl3N3O4/c1-40-27-12-18(11-24(35)29(27)41-16-17-6-8-22(33)23(34)10-17)15-36-38-30(37-25-5-3-2-4-21(25)31(38)39)28-14-19-13-20(32)7-9-26(19)42-28/h2-15H,16H2,1H3. The number of benzene rings is 4. The Labute approximate surface area is 263 Å². The molecule has 6 rings (SSSR count). The number of para-hydroxylation sites is 1. The molecule has 210 valence electrons. The van der Waals surface area contributed by atoms with Crippen molar-refractivity contribution in [2.45, 2.75) is 6.61 Å². The molecule has 42 heavy (non-hydrogen) atoms. The highest BCUT2D eigenvalue weighted by atomic mass is 79.9. The molecule has 0 amide bonds. The second-order valence-electron chi connectivity index (χ2n) is 9.18. The van der Waals surface area contributed by atoms with Gasteiger partial charge in [0.25, 0.3) is 5.56 Å². The van der Waals surface area contributed by atoms with Gasteiger partial charge in [0.2, 0.25) is 5.82 Å². The maximum atomic E-state index is 13.6. The van der Waals surface area contributed by atoms with Crippen molar-refractivity contribution in [3.63, 3.8) is 0 Å². The van der Waals surface area contributed by atoms with Crippen molar-refractivity contribution in [3.8, 4) is 23.1 Å². The lowest BCUT2D eigenvalue weighted by molar-refractivity contribution is 0.284. The van der Waals surface area contributed by atoms with Crippen LogP contribution in [0.2, 0.25) is 15.1 Å². The minimum absolute atomic E-state index is 0.190. The molecule has 0 spiro atoms. The van der Waals surface area contributed by atoms with Crippen LogP contribution in [-0.2, 0) is 6.61 Å². The summed E-state index contributed by atoms with van der Waals surface area (Å²) in [6.07, 6.45) is 1.50. The molecule has 4 aromatic carbocycles. The Morgan fingerprint density at radius 2 is 1.81 bits per heavy atom. The highest BCUT2D eigenvalue weighted by Gasteiger charge is 2.17. The summed E-state index contributed by atoms with van der Waals surface area (Å²) in [5, 5.41) is 6.96. The third kappa shape index (κ3) is 5.63. The van der Waals surface area contributed by atoms with E-state index in [9.17, 15) is 4.79 Å². The Morgan fingerprint density at radius 3 is 2.62 bits per heavy atom. The van der Waals surface area contributed by atoms with E-state index in [2.05, 4.69) is 21.0 Å². The second-order valence-corrected chi connectivity index (χ2v) is 11.3. The van der Waals surface area contributed by atoms with Crippen LogP contribution in [0.5, 0.6) is 11.5 Å². The lowest BCUT2D eigenvalue weighted by Crippen LogP contribution is -2.20. The number of hydrogen-bond donors (Lipinski definition) is 0. The van der Waals surface area contributed by atoms with Crippen molar-refractivity contribution in [1.82, 2.24) is 9.66 Å². The summed E-state index contributed by atoms with van der Waals surface area (Å²) in [6, 6.07) is 23.1. The van der Waals surface area contributed by atoms with Gasteiger partial charge in [0.15, 0.2) is 17.3 Å². The van der Waals surface area contributed by atoms with Crippen LogP contribution in [0.1, 0.15) is 11.1 Å². The van der Waals surface area contributed by atoms with Gasteiger partial charge in [-0.3, -0.25) is 4.79 Å². The lowest BCUT2D eigenvalue weighted by atomic mass is 10.2. The van der Waals surface area contributed by atoms with Crippen molar-refractivity contribution in [2.75, 3.05) is 7.11 Å². The maximum Gasteiger partial charge on any atom is 0.282 e. The first-order valence-corrected chi connectivity index (χ1v) is 14.4. The minimum atomic E-state index is -0.354. The number of halogens is 4. The summed E-state index contributed by atoms with van der Waals surface area (Å²) in [6.45, 7) is 0.190. The fourth-order valence-corrected chi connectivity index (χ4v) is 5.35. The van der Waals surface area contributed by atoms with Crippen LogP contribution in [0, 0.1) is 0 Å². The predicted octanol–water partition coefficient (Wildman–Crippen LogP) is 9.00. The van der Waals surface area contributed by atoms with Crippen LogP contribution in [-0.4, -0.2) is 23.0 Å². The summed E-state index contributed by atoms with van der Waals surface area (Å²) in [5.74, 6) is 1.38. The van der Waals surface area contributed by atoms with Crippen LogP contribution in [0.25, 0.3) is 33.5 Å². The van der Waals surface area contributed by atoms with Gasteiger partial charge in [0.05, 0.1) is 39.3 Å². The molecule has 0 saturated carbocycles. The molecule has 6 aromatic rings. The van der Waals surface area contributed by atoms with Gasteiger partial charge < -0.3 is 13.9 Å². The van der Waals surface area contributed by atoms with E-state index in [1.54, 1.807) is 42.5 Å². The number of aromatic nitrogens is 2. The number of fused-ring (bicyclic) bond motifs is 2. The first-order valence-electron chi connectivity index (χ1n) is 12.5. The first kappa shape index (κ1) is 28.3. The molecular weight excluding hydrogens is 665 g/mol. The van der Waals surface area contributed by atoms with E-state index in [0.717, 1.165) is 15.4 Å². The van der Waals surface area contributed by atoms with Crippen molar-refractivity contribution >= 4 is 78.8 Å². The van der Waals surface area contributed by atoms with Crippen molar-refractivity contribution in [3.05, 3.63) is 120 Å². The molecular formula is C31H19BrCl3N3O4. The Hall–Kier alpha value is -3.82. The first-order chi connectivity index (χ1) is 20.3. The number of rotatable bonds is 7. The zero-order valence-corrected chi connectivity index (χ0v) is 25.6. The molecule has 0 aliphatic heterocycles. The Morgan fingerprint density at radius 1 is 0.976 bits per heavy atom. The zero-order chi connectivity index (χ0) is 29.4. The summed E-state index contributed by atoms with van der Waals surface area (Å²) >= 11 is 22.2. The van der Waals surface area contributed by atoms with Gasteiger partial charge in [0.1, 0.15) is 12.2 Å². The predicted molar refractivity (Wildman–Crippen MR) is 171 cm³/mol. The fourth-order valence-electron chi connectivity index (χ4n) is 4.38. The average Bonchev–Trinajstić information content (AvgIpc) is 3.40. The van der Waals surface area contributed by atoms with Gasteiger partial charge in [-0.2, -0.15) is 9.78 Å². The number of hydrogen-bond acceptors (Lipinski definition) is 6. The van der Waals surface area contributed by atoms with Gasteiger partial charge >= 0.3 is 0 Å². The third-order valence-electron chi connectivity index (χ3n) is 6.39. The van der Waals surface area contributed by atoms with E-state index in [1.807, 2.05) is 36.4 Å². The van der Waals surface area contributed by atoms with Gasteiger partial charge in [-0.1, -0.05) is 68.9 Å². The quantitative estimate of drug-likeness (QED) is 0.157. The zero-order valence-electron chi connectivity index (χ0n) is 21.8. The molecule has 0 N–H and O–H groups in total. The summed E-state index contributed by atoms with van der Waals surface area (Å²) in [7, 11) is 1.51. The van der Waals surface area contributed by atoms with Crippen LogP contribution in [0.15, 0.2) is 97.6 Å². The molecule has 0 saturated heterocycles. The van der Waals surface area contributed by atoms with Crippen LogP contribution >= 0.6 is 50.7 Å². The number of nitrogens with zero attached hydrogens (tertiary/aromatic N) is 3. The SMILES string of the molecule is COc1cc(C=Nn2c(-c3cc4cc(Br)ccc4o3)nc3ccccc3c2=O)cc(Cl)c1OCc1ccc(Cl)c(Cl)c1. The van der Waals surface area contributed by atoms with E-state index in [1.165, 1.54) is 18.0 Å². The highest BCUT2D eigenvalue weighted by Crippen LogP contribution is 2.37. The molecule has 0 aliphatic carbocycles. The average molecular weight is 684 g/mol. The Bertz CT molecular complexity index is 2070. The third-order valence-corrected chi connectivity index (χ3v) is 7.91. The largest absolute Gasteiger partial charge is 0.493 e. The van der Waals surface area contributed by atoms with Crippen LogP contribution in [0.3, 0.4) is 0 Å². The van der Waals surface area contributed by atoms with Gasteiger partial charge in [0, 0.05) is 9.86 Å². The van der Waals surface area contributed by atoms with E-state index in [0.29, 0.717) is 54.4 Å². The van der Waals surface area contributed by atoms with E-state index < -0.39 is 0 Å². The maximum absolute atomic E-state index is 13.6. The van der Waals surface area contributed by atoms with Crippen molar-refractivity contribution in [2.24, 2.45) is 5.10 Å². The molecule has 7 nitrogen and oxygen atoms in total. The molecule has 0 radical (unpaired) electrons. The molecule has 0 aliphatic rings. The van der Waals surface area contributed by atoms with Gasteiger partial charge in [-0.05, 0) is 71.8 Å². The summed E-state index contributed by atoms with van der Waals surface area (Å²) in [5.41, 5.74) is 2.20. The summed E-state index contributed by atoms with van der Waals surface area (Å²) < 4.78 is 19.7. The smallest absolute Gasteiger partial charge is 0.282 e. The normalized spacial score (nSPS) is 11.5. The molecule has 2 heterocycles. The van der Waals surface area contributed by atoms with Gasteiger partial charge in [-0.15, -0.1) is 0 Å². The molecule has 11 heteroatoms. The molecule has 0 atom stereocenters. The lowest BCUT2D eigenvalue weighted by Gasteiger charge is -2.14. The van der Waals surface area contributed by atoms with Crippen LogP contribution in [0.4, 0.5) is 0 Å². The second kappa shape index (κ2) is 11.8. The molecule has 0 unspecified atom stereocenters. The van der Waals surface area contributed by atoms with Gasteiger partial charge in [-0.25, -0.2) is 4.98 Å². The minimum Gasteiger partial charge on any atom is -0.493 e. The molecule has 0 bridgehead atoms. The summed E-state index contributed by atoms with van der Waals surface area (Å²) in [4.78, 5) is 18.3. The number of furan rings is 1. The fraction of sp³-hybridized carbons (Fsp3) is 0.0645. The number of methoxy groups -OCH3 is 1.